The highest BCUT2D eigenvalue weighted by atomic mass is 79.9. The molecule has 0 aliphatic heterocycles. The van der Waals surface area contributed by atoms with Crippen molar-refractivity contribution in [1.82, 2.24) is 4.98 Å². The van der Waals surface area contributed by atoms with Crippen LogP contribution in [0.5, 0.6) is 0 Å². The normalized spacial score (nSPS) is 10.7. The number of rotatable bonds is 1. The van der Waals surface area contributed by atoms with E-state index in [-0.39, 0.29) is 5.82 Å². The standard InChI is InChI=1S/C9H8BrFN2/c1-12-9-4-13-8-3-7(11)6(10)2-5(8)9/h2-4,12-13H,1H3. The van der Waals surface area contributed by atoms with Crippen LogP contribution in [0.2, 0.25) is 0 Å². The molecule has 0 unspecified atom stereocenters. The van der Waals surface area contributed by atoms with Gasteiger partial charge in [-0.3, -0.25) is 0 Å². The predicted octanol–water partition coefficient (Wildman–Crippen LogP) is 3.11. The van der Waals surface area contributed by atoms with E-state index in [0.717, 1.165) is 16.6 Å². The molecule has 0 fully saturated rings. The molecule has 0 radical (unpaired) electrons. The second-order valence-electron chi connectivity index (χ2n) is 2.76. The third-order valence-electron chi connectivity index (χ3n) is 1.99. The van der Waals surface area contributed by atoms with Crippen LogP contribution in [0.3, 0.4) is 0 Å². The zero-order valence-electron chi connectivity index (χ0n) is 6.99. The molecule has 0 bridgehead atoms. The number of aromatic amines is 1. The Morgan fingerprint density at radius 2 is 2.23 bits per heavy atom. The lowest BCUT2D eigenvalue weighted by molar-refractivity contribution is 0.623. The van der Waals surface area contributed by atoms with Gasteiger partial charge in [0.05, 0.1) is 15.7 Å². The number of H-pyrrole nitrogens is 1. The van der Waals surface area contributed by atoms with Gasteiger partial charge < -0.3 is 10.3 Å². The molecule has 1 heterocycles. The Labute approximate surface area is 83.3 Å². The van der Waals surface area contributed by atoms with Gasteiger partial charge in [0.15, 0.2) is 0 Å². The number of hydrogen-bond acceptors (Lipinski definition) is 1. The van der Waals surface area contributed by atoms with Crippen LogP contribution in [-0.4, -0.2) is 12.0 Å². The van der Waals surface area contributed by atoms with Gasteiger partial charge in [0, 0.05) is 18.6 Å². The molecule has 0 amide bonds. The molecule has 1 aromatic carbocycles. The molecule has 0 aliphatic carbocycles. The van der Waals surface area contributed by atoms with Gasteiger partial charge in [-0.05, 0) is 28.1 Å². The van der Waals surface area contributed by atoms with Crippen LogP contribution < -0.4 is 5.32 Å². The maximum absolute atomic E-state index is 13.1. The summed E-state index contributed by atoms with van der Waals surface area (Å²) in [6, 6.07) is 3.23. The molecule has 0 aliphatic rings. The fourth-order valence-electron chi connectivity index (χ4n) is 1.32. The summed E-state index contributed by atoms with van der Waals surface area (Å²) in [4.78, 5) is 2.98. The summed E-state index contributed by atoms with van der Waals surface area (Å²) in [5.41, 5.74) is 1.76. The SMILES string of the molecule is CNc1c[nH]c2cc(F)c(Br)cc12. The number of nitrogens with one attached hydrogen (secondary N) is 2. The highest BCUT2D eigenvalue weighted by molar-refractivity contribution is 9.10. The van der Waals surface area contributed by atoms with Crippen molar-refractivity contribution in [3.05, 3.63) is 28.6 Å². The van der Waals surface area contributed by atoms with Crippen LogP contribution in [-0.2, 0) is 0 Å². The molecule has 2 aromatic rings. The fraction of sp³-hybridized carbons (Fsp3) is 0.111. The van der Waals surface area contributed by atoms with Gasteiger partial charge in [-0.25, -0.2) is 4.39 Å². The van der Waals surface area contributed by atoms with Crippen molar-refractivity contribution >= 4 is 32.5 Å². The number of halogens is 2. The van der Waals surface area contributed by atoms with Crippen LogP contribution in [0.1, 0.15) is 0 Å². The van der Waals surface area contributed by atoms with Crippen molar-refractivity contribution < 1.29 is 4.39 Å². The maximum atomic E-state index is 13.1. The zero-order valence-corrected chi connectivity index (χ0v) is 8.57. The van der Waals surface area contributed by atoms with Crippen molar-refractivity contribution in [1.29, 1.82) is 0 Å². The molecule has 4 heteroatoms. The second kappa shape index (κ2) is 3.03. The molecule has 0 saturated carbocycles. The van der Waals surface area contributed by atoms with E-state index in [1.807, 2.05) is 13.2 Å². The Kier molecular flexibility index (Phi) is 2.00. The lowest BCUT2D eigenvalue weighted by Gasteiger charge is -1.98. The first kappa shape index (κ1) is 8.56. The summed E-state index contributed by atoms with van der Waals surface area (Å²) >= 11 is 3.15. The Balaban J connectivity index is 2.77. The fourth-order valence-corrected chi connectivity index (χ4v) is 1.67. The second-order valence-corrected chi connectivity index (χ2v) is 3.62. The average molecular weight is 243 g/mol. The topological polar surface area (TPSA) is 27.8 Å². The number of benzene rings is 1. The van der Waals surface area contributed by atoms with Gasteiger partial charge in [0.25, 0.3) is 0 Å². The van der Waals surface area contributed by atoms with E-state index in [4.69, 9.17) is 0 Å². The summed E-state index contributed by atoms with van der Waals surface area (Å²) < 4.78 is 13.6. The van der Waals surface area contributed by atoms with Crippen molar-refractivity contribution in [2.45, 2.75) is 0 Å². The van der Waals surface area contributed by atoms with E-state index in [0.29, 0.717) is 4.47 Å². The number of hydrogen-bond donors (Lipinski definition) is 2. The van der Waals surface area contributed by atoms with Crippen molar-refractivity contribution in [3.8, 4) is 0 Å². The van der Waals surface area contributed by atoms with Crippen LogP contribution in [0.25, 0.3) is 10.9 Å². The Morgan fingerprint density at radius 3 is 2.92 bits per heavy atom. The maximum Gasteiger partial charge on any atom is 0.139 e. The molecule has 1 aromatic heterocycles. The molecule has 2 nitrogen and oxygen atoms in total. The number of fused-ring (bicyclic) bond motifs is 1. The molecule has 2 rings (SSSR count). The van der Waals surface area contributed by atoms with Crippen molar-refractivity contribution in [2.75, 3.05) is 12.4 Å². The molecule has 68 valence electrons. The summed E-state index contributed by atoms with van der Waals surface area (Å²) in [6.07, 6.45) is 1.82. The van der Waals surface area contributed by atoms with Gasteiger partial charge in [-0.1, -0.05) is 0 Å². The smallest absolute Gasteiger partial charge is 0.139 e. The predicted molar refractivity (Wildman–Crippen MR) is 55.5 cm³/mol. The average Bonchev–Trinajstić information content (AvgIpc) is 2.48. The summed E-state index contributed by atoms with van der Waals surface area (Å²) in [5.74, 6) is -0.253. The minimum absolute atomic E-state index is 0.253. The monoisotopic (exact) mass is 242 g/mol. The van der Waals surface area contributed by atoms with Crippen LogP contribution in [0.4, 0.5) is 10.1 Å². The first-order chi connectivity index (χ1) is 6.22. The lowest BCUT2D eigenvalue weighted by atomic mass is 10.2. The van der Waals surface area contributed by atoms with Crippen LogP contribution in [0.15, 0.2) is 22.8 Å². The minimum atomic E-state index is -0.253. The molecule has 2 N–H and O–H groups in total. The third-order valence-corrected chi connectivity index (χ3v) is 2.60. The van der Waals surface area contributed by atoms with Gasteiger partial charge in [-0.15, -0.1) is 0 Å². The quantitative estimate of drug-likeness (QED) is 0.791. The minimum Gasteiger partial charge on any atom is -0.386 e. The Morgan fingerprint density at radius 1 is 1.46 bits per heavy atom. The number of anilines is 1. The van der Waals surface area contributed by atoms with Crippen LogP contribution in [0, 0.1) is 5.82 Å². The van der Waals surface area contributed by atoms with Gasteiger partial charge in [-0.2, -0.15) is 0 Å². The Bertz CT molecular complexity index is 450. The highest BCUT2D eigenvalue weighted by Gasteiger charge is 2.06. The van der Waals surface area contributed by atoms with E-state index in [1.165, 1.54) is 6.07 Å². The molecule has 13 heavy (non-hydrogen) atoms. The molecular weight excluding hydrogens is 235 g/mol. The van der Waals surface area contributed by atoms with Crippen LogP contribution >= 0.6 is 15.9 Å². The van der Waals surface area contributed by atoms with Gasteiger partial charge >= 0.3 is 0 Å². The van der Waals surface area contributed by atoms with E-state index in [9.17, 15) is 4.39 Å². The first-order valence-corrected chi connectivity index (χ1v) is 4.65. The highest BCUT2D eigenvalue weighted by Crippen LogP contribution is 2.27. The van der Waals surface area contributed by atoms with E-state index >= 15 is 0 Å². The largest absolute Gasteiger partial charge is 0.386 e. The lowest BCUT2D eigenvalue weighted by Crippen LogP contribution is -1.85. The summed E-state index contributed by atoms with van der Waals surface area (Å²) in [5, 5.41) is 4.00. The van der Waals surface area contributed by atoms with Gasteiger partial charge in [0.2, 0.25) is 0 Å². The molecule has 0 spiro atoms. The van der Waals surface area contributed by atoms with E-state index < -0.39 is 0 Å². The van der Waals surface area contributed by atoms with E-state index in [2.05, 4.69) is 26.2 Å². The van der Waals surface area contributed by atoms with Crippen molar-refractivity contribution in [3.63, 3.8) is 0 Å². The van der Waals surface area contributed by atoms with Crippen molar-refractivity contribution in [2.24, 2.45) is 0 Å². The zero-order chi connectivity index (χ0) is 9.42. The first-order valence-electron chi connectivity index (χ1n) is 3.86. The molecule has 0 atom stereocenters. The molecular formula is C9H8BrFN2. The number of aromatic nitrogens is 1. The van der Waals surface area contributed by atoms with E-state index in [1.54, 1.807) is 6.07 Å². The summed E-state index contributed by atoms with van der Waals surface area (Å²) in [6.45, 7) is 0. The third kappa shape index (κ3) is 1.31. The molecule has 0 saturated heterocycles. The summed E-state index contributed by atoms with van der Waals surface area (Å²) in [7, 11) is 1.83. The van der Waals surface area contributed by atoms with Gasteiger partial charge in [0.1, 0.15) is 5.82 Å². The Hall–Kier alpha value is -1.03.